The number of alkyl halides is 1. The summed E-state index contributed by atoms with van der Waals surface area (Å²) in [6.07, 6.45) is 3.86. The molecule has 1 N–H and O–H groups in total. The number of halogens is 2. The van der Waals surface area contributed by atoms with Gasteiger partial charge < -0.3 is 9.84 Å². The first kappa shape index (κ1) is 22.1. The highest BCUT2D eigenvalue weighted by Gasteiger charge is 2.68. The number of aliphatic hydroxyl groups is 1. The van der Waals surface area contributed by atoms with Gasteiger partial charge in [-0.05, 0) is 50.0 Å². The zero-order chi connectivity index (χ0) is 22.9. The van der Waals surface area contributed by atoms with E-state index in [-0.39, 0.29) is 23.8 Å². The molecule has 0 heterocycles. The van der Waals surface area contributed by atoms with Gasteiger partial charge in [0.25, 0.3) is 0 Å². The monoisotopic (exact) mass is 434 g/mol. The number of hydrogen-bond donors (Lipinski definition) is 1. The molecule has 0 aromatic heterocycles. The lowest BCUT2D eigenvalue weighted by Crippen LogP contribution is -2.58. The number of Topliss-reactive ketones (excluding diaryl/α,β-unsaturated/α-hetero) is 1. The molecule has 0 aliphatic heterocycles. The van der Waals surface area contributed by atoms with Gasteiger partial charge in [0.15, 0.2) is 12.4 Å². The first-order chi connectivity index (χ1) is 14.4. The third kappa shape index (κ3) is 2.78. The lowest BCUT2D eigenvalue weighted by molar-refractivity contribution is -0.167. The predicted molar refractivity (Wildman–Crippen MR) is 108 cm³/mol. The van der Waals surface area contributed by atoms with Gasteiger partial charge in [-0.1, -0.05) is 31.6 Å². The lowest BCUT2D eigenvalue weighted by Gasteiger charge is -2.54. The summed E-state index contributed by atoms with van der Waals surface area (Å²) in [6.45, 7) is 6.05. The van der Waals surface area contributed by atoms with Crippen molar-refractivity contribution in [2.24, 2.45) is 28.6 Å². The molecule has 0 spiro atoms. The Bertz CT molecular complexity index is 965. The topological polar surface area (TPSA) is 80.7 Å². The molecule has 4 rings (SSSR count). The van der Waals surface area contributed by atoms with E-state index in [2.05, 4.69) is 0 Å². The summed E-state index contributed by atoms with van der Waals surface area (Å²) in [5.74, 6) is -3.90. The van der Waals surface area contributed by atoms with Crippen LogP contribution in [0.4, 0.5) is 8.78 Å². The third-order valence-corrected chi connectivity index (χ3v) is 8.43. The summed E-state index contributed by atoms with van der Waals surface area (Å²) < 4.78 is 34.8. The van der Waals surface area contributed by atoms with Gasteiger partial charge in [0.05, 0.1) is 0 Å². The van der Waals surface area contributed by atoms with Crippen molar-refractivity contribution in [3.8, 4) is 0 Å². The maximum Gasteiger partial charge on any atom is 0.303 e. The molecule has 4 aliphatic carbocycles. The van der Waals surface area contributed by atoms with Gasteiger partial charge in [0.2, 0.25) is 11.6 Å². The molecule has 2 fully saturated rings. The van der Waals surface area contributed by atoms with Crippen LogP contribution in [0.15, 0.2) is 35.2 Å². The van der Waals surface area contributed by atoms with Crippen molar-refractivity contribution in [2.45, 2.75) is 58.7 Å². The summed E-state index contributed by atoms with van der Waals surface area (Å²) in [5, 5.41) is 11.6. The molecule has 168 valence electrons. The van der Waals surface area contributed by atoms with Gasteiger partial charge in [-0.25, -0.2) is 8.78 Å². The SMILES string of the molecule is CC(=O)OCC(=O)[C@@]1(O)C(C)C[C@H]2[C@@H]3CC(F)C4=C(F)C(=O)C=C[C@]4(C)C3=CC[C@@]21C. The number of ketones is 2. The summed E-state index contributed by atoms with van der Waals surface area (Å²) in [7, 11) is 0. The molecule has 0 aromatic rings. The van der Waals surface area contributed by atoms with Crippen LogP contribution in [-0.2, 0) is 19.1 Å². The van der Waals surface area contributed by atoms with Crippen LogP contribution in [0.2, 0.25) is 0 Å². The van der Waals surface area contributed by atoms with E-state index in [0.717, 1.165) is 5.57 Å². The highest BCUT2D eigenvalue weighted by atomic mass is 19.1. The van der Waals surface area contributed by atoms with Crippen LogP contribution in [0.25, 0.3) is 0 Å². The fraction of sp³-hybridized carbons (Fsp3) is 0.625. The molecular formula is C24H28F2O5. The number of carbonyl (C=O) groups excluding carboxylic acids is 3. The molecule has 7 atom stereocenters. The van der Waals surface area contributed by atoms with Crippen molar-refractivity contribution in [1.29, 1.82) is 0 Å². The Kier molecular flexibility index (Phi) is 4.93. The quantitative estimate of drug-likeness (QED) is 0.543. The van der Waals surface area contributed by atoms with E-state index in [1.165, 1.54) is 13.0 Å². The molecule has 0 radical (unpaired) electrons. The average molecular weight is 434 g/mol. The largest absolute Gasteiger partial charge is 0.458 e. The molecule has 31 heavy (non-hydrogen) atoms. The Morgan fingerprint density at radius 1 is 1.29 bits per heavy atom. The maximum absolute atomic E-state index is 15.3. The smallest absolute Gasteiger partial charge is 0.303 e. The van der Waals surface area contributed by atoms with Crippen LogP contribution in [0.1, 0.15) is 47.0 Å². The normalized spacial score (nSPS) is 43.7. The minimum absolute atomic E-state index is 0.00644. The fourth-order valence-electron chi connectivity index (χ4n) is 6.84. The Morgan fingerprint density at radius 3 is 2.61 bits per heavy atom. The summed E-state index contributed by atoms with van der Waals surface area (Å²) in [5.41, 5.74) is -2.89. The van der Waals surface area contributed by atoms with E-state index < -0.39 is 58.5 Å². The second kappa shape index (κ2) is 6.92. The maximum atomic E-state index is 15.3. The highest BCUT2D eigenvalue weighted by Crippen LogP contribution is 2.67. The van der Waals surface area contributed by atoms with Gasteiger partial charge in [-0.3, -0.25) is 14.4 Å². The van der Waals surface area contributed by atoms with Crippen LogP contribution in [0, 0.1) is 28.6 Å². The lowest BCUT2D eigenvalue weighted by atomic mass is 9.51. The third-order valence-electron chi connectivity index (χ3n) is 8.43. The Labute approximate surface area is 180 Å². The zero-order valence-corrected chi connectivity index (χ0v) is 18.2. The van der Waals surface area contributed by atoms with Gasteiger partial charge >= 0.3 is 5.97 Å². The van der Waals surface area contributed by atoms with E-state index in [9.17, 15) is 23.9 Å². The van der Waals surface area contributed by atoms with E-state index in [1.54, 1.807) is 19.9 Å². The van der Waals surface area contributed by atoms with Crippen molar-refractivity contribution >= 4 is 17.5 Å². The minimum Gasteiger partial charge on any atom is -0.458 e. The van der Waals surface area contributed by atoms with Gasteiger partial charge in [0, 0.05) is 23.3 Å². The number of carbonyl (C=O) groups is 3. The molecular weight excluding hydrogens is 406 g/mol. The Balaban J connectivity index is 1.77. The van der Waals surface area contributed by atoms with Crippen molar-refractivity contribution in [3.63, 3.8) is 0 Å². The van der Waals surface area contributed by atoms with Crippen molar-refractivity contribution in [3.05, 3.63) is 35.2 Å². The van der Waals surface area contributed by atoms with Crippen LogP contribution >= 0.6 is 0 Å². The number of allylic oxidation sites excluding steroid dienone is 6. The number of ether oxygens (including phenoxy) is 1. The summed E-state index contributed by atoms with van der Waals surface area (Å²) >= 11 is 0. The molecule has 7 heteroatoms. The van der Waals surface area contributed by atoms with Crippen molar-refractivity contribution in [2.75, 3.05) is 6.61 Å². The highest BCUT2D eigenvalue weighted by molar-refractivity contribution is 6.04. The molecule has 5 nitrogen and oxygen atoms in total. The second-order valence-electron chi connectivity index (χ2n) is 9.93. The molecule has 0 saturated heterocycles. The molecule has 2 unspecified atom stereocenters. The first-order valence-electron chi connectivity index (χ1n) is 10.7. The average Bonchev–Trinajstić information content (AvgIpc) is 2.91. The molecule has 4 aliphatic rings. The van der Waals surface area contributed by atoms with Crippen LogP contribution < -0.4 is 0 Å². The minimum atomic E-state index is -1.72. The number of esters is 1. The van der Waals surface area contributed by atoms with E-state index >= 15 is 4.39 Å². The van der Waals surface area contributed by atoms with E-state index in [0.29, 0.717) is 12.8 Å². The molecule has 0 aromatic carbocycles. The second-order valence-corrected chi connectivity index (χ2v) is 9.93. The standard InChI is InChI=1S/C24H28F2O5/c1-12-9-16-14-10-17(25)20-21(26)18(28)6-7-22(20,3)15(14)5-8-23(16,4)24(12,30)19(29)11-31-13(2)27/h5-7,12,14,16-17,30H,8-11H2,1-4H3/t12?,14-,16+,17?,22-,23+,24+/m1/s1. The number of rotatable bonds is 3. The Hall–Kier alpha value is -2.15. The Morgan fingerprint density at radius 2 is 1.97 bits per heavy atom. The molecule has 0 bridgehead atoms. The van der Waals surface area contributed by atoms with Crippen molar-refractivity contribution in [1.82, 2.24) is 0 Å². The van der Waals surface area contributed by atoms with Gasteiger partial charge in [-0.2, -0.15) is 0 Å². The van der Waals surface area contributed by atoms with Crippen molar-refractivity contribution < 1.29 is 33.0 Å². The van der Waals surface area contributed by atoms with E-state index in [1.807, 2.05) is 13.0 Å². The fourth-order valence-corrected chi connectivity index (χ4v) is 6.84. The first-order valence-corrected chi connectivity index (χ1v) is 10.7. The van der Waals surface area contributed by atoms with Crippen LogP contribution in [0.5, 0.6) is 0 Å². The van der Waals surface area contributed by atoms with Gasteiger partial charge in [-0.15, -0.1) is 0 Å². The summed E-state index contributed by atoms with van der Waals surface area (Å²) in [4.78, 5) is 36.0. The van der Waals surface area contributed by atoms with Gasteiger partial charge in [0.1, 0.15) is 11.8 Å². The molecule has 0 amide bonds. The van der Waals surface area contributed by atoms with E-state index in [4.69, 9.17) is 4.74 Å². The zero-order valence-electron chi connectivity index (χ0n) is 18.2. The molecule has 2 saturated carbocycles. The predicted octanol–water partition coefficient (Wildman–Crippen LogP) is 3.57. The number of fused-ring (bicyclic) bond motifs is 5. The van der Waals surface area contributed by atoms with Crippen LogP contribution in [0.3, 0.4) is 0 Å². The van der Waals surface area contributed by atoms with Crippen LogP contribution in [-0.4, -0.2) is 41.0 Å². The summed E-state index contributed by atoms with van der Waals surface area (Å²) in [6, 6.07) is 0. The number of hydrogen-bond acceptors (Lipinski definition) is 5.